The van der Waals surface area contributed by atoms with Crippen LogP contribution in [0.4, 0.5) is 5.69 Å². The van der Waals surface area contributed by atoms with Crippen molar-refractivity contribution in [2.75, 3.05) is 11.4 Å². The van der Waals surface area contributed by atoms with E-state index in [4.69, 9.17) is 16.1 Å². The number of rotatable bonds is 4. The fourth-order valence-corrected chi connectivity index (χ4v) is 3.44. The zero-order chi connectivity index (χ0) is 18.1. The van der Waals surface area contributed by atoms with Gasteiger partial charge < -0.3 is 9.42 Å². The molecule has 1 saturated heterocycles. The molecule has 2 aromatic carbocycles. The van der Waals surface area contributed by atoms with Crippen LogP contribution in [0.3, 0.4) is 0 Å². The summed E-state index contributed by atoms with van der Waals surface area (Å²) in [6.07, 6.45) is 1.30. The first kappa shape index (κ1) is 16.8. The summed E-state index contributed by atoms with van der Waals surface area (Å²) in [5.41, 5.74) is 2.85. The van der Waals surface area contributed by atoms with E-state index in [-0.39, 0.29) is 11.8 Å². The summed E-state index contributed by atoms with van der Waals surface area (Å²) in [6.45, 7) is 2.64. The number of hydrogen-bond acceptors (Lipinski definition) is 4. The van der Waals surface area contributed by atoms with Crippen molar-refractivity contribution in [1.29, 1.82) is 0 Å². The minimum absolute atomic E-state index is 0.0701. The fraction of sp³-hybridized carbons (Fsp3) is 0.250. The molecular weight excluding hydrogens is 350 g/mol. The Morgan fingerprint density at radius 2 is 2.08 bits per heavy atom. The molecular formula is C20H18ClN3O2. The fourth-order valence-electron chi connectivity index (χ4n) is 3.22. The number of benzene rings is 2. The molecule has 0 aliphatic carbocycles. The van der Waals surface area contributed by atoms with Crippen molar-refractivity contribution in [3.63, 3.8) is 0 Å². The molecule has 1 aliphatic rings. The van der Waals surface area contributed by atoms with Crippen LogP contribution in [0.1, 0.15) is 30.7 Å². The molecule has 1 aromatic heterocycles. The smallest absolute Gasteiger partial charge is 0.232 e. The summed E-state index contributed by atoms with van der Waals surface area (Å²) in [5, 5.41) is 4.61. The number of aromatic nitrogens is 2. The molecule has 5 nitrogen and oxygen atoms in total. The molecule has 0 spiro atoms. The number of nitrogens with zero attached hydrogens (tertiary/aromatic N) is 3. The number of aryl methyl sites for hydroxylation is 1. The lowest BCUT2D eigenvalue weighted by atomic mass is 10.1. The summed E-state index contributed by atoms with van der Waals surface area (Å²) in [4.78, 5) is 18.8. The molecule has 132 valence electrons. The van der Waals surface area contributed by atoms with Crippen molar-refractivity contribution >= 4 is 23.2 Å². The highest BCUT2D eigenvalue weighted by atomic mass is 35.5. The van der Waals surface area contributed by atoms with Crippen LogP contribution in [-0.2, 0) is 11.2 Å². The topological polar surface area (TPSA) is 59.2 Å². The van der Waals surface area contributed by atoms with Gasteiger partial charge in [0.05, 0.1) is 10.9 Å². The van der Waals surface area contributed by atoms with Crippen LogP contribution in [0.2, 0.25) is 5.02 Å². The van der Waals surface area contributed by atoms with Gasteiger partial charge in [0.2, 0.25) is 17.6 Å². The van der Waals surface area contributed by atoms with Crippen molar-refractivity contribution in [1.82, 2.24) is 10.1 Å². The first-order chi connectivity index (χ1) is 12.7. The second-order valence-electron chi connectivity index (χ2n) is 6.36. The second kappa shape index (κ2) is 6.92. The molecule has 26 heavy (non-hydrogen) atoms. The van der Waals surface area contributed by atoms with Crippen LogP contribution in [0.25, 0.3) is 11.4 Å². The minimum Gasteiger partial charge on any atom is -0.339 e. The SMILES string of the molecule is CCc1cccc(N2CC(c3nc(-c4ccccc4Cl)no3)CC2=O)c1. The number of halogens is 1. The molecule has 0 radical (unpaired) electrons. The minimum atomic E-state index is -0.114. The van der Waals surface area contributed by atoms with Gasteiger partial charge in [0.25, 0.3) is 0 Å². The van der Waals surface area contributed by atoms with Crippen LogP contribution in [-0.4, -0.2) is 22.6 Å². The van der Waals surface area contributed by atoms with Crippen LogP contribution in [0, 0.1) is 0 Å². The highest BCUT2D eigenvalue weighted by Crippen LogP contribution is 2.33. The van der Waals surface area contributed by atoms with Gasteiger partial charge in [0.1, 0.15) is 0 Å². The molecule has 3 aromatic rings. The third-order valence-corrected chi connectivity index (χ3v) is 4.99. The van der Waals surface area contributed by atoms with Crippen molar-refractivity contribution in [3.8, 4) is 11.4 Å². The lowest BCUT2D eigenvalue weighted by Crippen LogP contribution is -2.24. The van der Waals surface area contributed by atoms with Crippen LogP contribution in [0.15, 0.2) is 53.1 Å². The standard InChI is InChI=1S/C20H18ClN3O2/c1-2-13-6-5-7-15(10-13)24-12-14(11-18(24)25)20-22-19(23-26-20)16-8-3-4-9-17(16)21/h3-10,14H,2,11-12H2,1H3. The van der Waals surface area contributed by atoms with Crippen LogP contribution < -0.4 is 4.90 Å². The number of anilines is 1. The molecule has 0 N–H and O–H groups in total. The lowest BCUT2D eigenvalue weighted by molar-refractivity contribution is -0.117. The Balaban J connectivity index is 1.57. The second-order valence-corrected chi connectivity index (χ2v) is 6.77. The first-order valence-corrected chi connectivity index (χ1v) is 9.01. The molecule has 1 atom stereocenters. The van der Waals surface area contributed by atoms with E-state index in [1.807, 2.05) is 30.3 Å². The molecule has 1 fully saturated rings. The van der Waals surface area contributed by atoms with Gasteiger partial charge in [-0.05, 0) is 36.2 Å². The number of carbonyl (C=O) groups is 1. The predicted octanol–water partition coefficient (Wildman–Crippen LogP) is 4.47. The van der Waals surface area contributed by atoms with Crippen LogP contribution >= 0.6 is 11.6 Å². The molecule has 0 saturated carbocycles. The molecule has 4 rings (SSSR count). The van der Waals surface area contributed by atoms with Crippen molar-refractivity contribution in [2.24, 2.45) is 0 Å². The van der Waals surface area contributed by atoms with E-state index in [0.717, 1.165) is 17.7 Å². The Morgan fingerprint density at radius 3 is 2.88 bits per heavy atom. The third-order valence-electron chi connectivity index (χ3n) is 4.66. The van der Waals surface area contributed by atoms with Gasteiger partial charge in [-0.25, -0.2) is 0 Å². The first-order valence-electron chi connectivity index (χ1n) is 8.63. The van der Waals surface area contributed by atoms with Gasteiger partial charge in [-0.15, -0.1) is 0 Å². The van der Waals surface area contributed by atoms with E-state index >= 15 is 0 Å². The average molecular weight is 368 g/mol. The molecule has 1 aliphatic heterocycles. The maximum Gasteiger partial charge on any atom is 0.232 e. The summed E-state index contributed by atoms with van der Waals surface area (Å²) in [7, 11) is 0. The maximum atomic E-state index is 12.5. The van der Waals surface area contributed by atoms with Crippen molar-refractivity contribution < 1.29 is 9.32 Å². The van der Waals surface area contributed by atoms with E-state index in [2.05, 4.69) is 29.2 Å². The normalized spacial score (nSPS) is 17.1. The van der Waals surface area contributed by atoms with E-state index in [9.17, 15) is 4.79 Å². The lowest BCUT2D eigenvalue weighted by Gasteiger charge is -2.16. The number of carbonyl (C=O) groups excluding carboxylic acids is 1. The predicted molar refractivity (Wildman–Crippen MR) is 100 cm³/mol. The van der Waals surface area contributed by atoms with Gasteiger partial charge in [-0.3, -0.25) is 4.79 Å². The summed E-state index contributed by atoms with van der Waals surface area (Å²) < 4.78 is 5.44. The quantitative estimate of drug-likeness (QED) is 0.682. The van der Waals surface area contributed by atoms with Gasteiger partial charge in [-0.1, -0.05) is 47.9 Å². The maximum absolute atomic E-state index is 12.5. The van der Waals surface area contributed by atoms with Gasteiger partial charge in [0, 0.05) is 24.2 Å². The Labute approximate surface area is 156 Å². The summed E-state index contributed by atoms with van der Waals surface area (Å²) in [5.74, 6) is 0.879. The van der Waals surface area contributed by atoms with Crippen LogP contribution in [0.5, 0.6) is 0 Å². The third kappa shape index (κ3) is 3.10. The molecule has 2 heterocycles. The van der Waals surface area contributed by atoms with E-state index in [1.165, 1.54) is 5.56 Å². The van der Waals surface area contributed by atoms with Gasteiger partial charge >= 0.3 is 0 Å². The monoisotopic (exact) mass is 367 g/mol. The molecule has 0 bridgehead atoms. The van der Waals surface area contributed by atoms with Gasteiger partial charge in [-0.2, -0.15) is 4.98 Å². The van der Waals surface area contributed by atoms with E-state index in [0.29, 0.717) is 29.7 Å². The molecule has 1 amide bonds. The highest BCUT2D eigenvalue weighted by Gasteiger charge is 2.35. The largest absolute Gasteiger partial charge is 0.339 e. The zero-order valence-electron chi connectivity index (χ0n) is 14.4. The average Bonchev–Trinajstić information content (AvgIpc) is 3.29. The number of amides is 1. The van der Waals surface area contributed by atoms with Gasteiger partial charge in [0.15, 0.2) is 0 Å². The Bertz CT molecular complexity index is 953. The Kier molecular flexibility index (Phi) is 4.47. The number of hydrogen-bond donors (Lipinski definition) is 0. The van der Waals surface area contributed by atoms with Crippen molar-refractivity contribution in [3.05, 3.63) is 65.0 Å². The highest BCUT2D eigenvalue weighted by molar-refractivity contribution is 6.33. The Hall–Kier alpha value is -2.66. The summed E-state index contributed by atoms with van der Waals surface area (Å²) >= 11 is 6.20. The van der Waals surface area contributed by atoms with Crippen molar-refractivity contribution in [2.45, 2.75) is 25.7 Å². The molecule has 6 heteroatoms. The zero-order valence-corrected chi connectivity index (χ0v) is 15.1. The Morgan fingerprint density at radius 1 is 1.23 bits per heavy atom. The van der Waals surface area contributed by atoms with E-state index in [1.54, 1.807) is 11.0 Å². The summed E-state index contributed by atoms with van der Waals surface area (Å²) in [6, 6.07) is 15.4. The molecule has 1 unspecified atom stereocenters. The van der Waals surface area contributed by atoms with E-state index < -0.39 is 0 Å².